The molecule has 2 aliphatic rings. The number of carbonyl (C=O) groups excluding carboxylic acids is 2. The van der Waals surface area contributed by atoms with Gasteiger partial charge in [0.25, 0.3) is 0 Å². The maximum Gasteiger partial charge on any atom is 0.410 e. The number of carboxylic acids is 1. The number of nitrogens with zero attached hydrogens (tertiary/aromatic N) is 1. The number of sulfone groups is 1. The van der Waals surface area contributed by atoms with Gasteiger partial charge in [0.05, 0.1) is 12.3 Å². The first-order valence-corrected chi connectivity index (χ1v) is 16.8. The van der Waals surface area contributed by atoms with Crippen molar-refractivity contribution in [2.75, 3.05) is 38.5 Å². The van der Waals surface area contributed by atoms with E-state index in [-0.39, 0.29) is 37.2 Å². The molecule has 2 aliphatic heterocycles. The summed E-state index contributed by atoms with van der Waals surface area (Å²) in [5.41, 5.74) is 10.1. The summed E-state index contributed by atoms with van der Waals surface area (Å²) in [7, 11) is -4.12. The molecule has 3 unspecified atom stereocenters. The molecule has 1 aromatic rings. The zero-order valence-corrected chi connectivity index (χ0v) is 27.3. The molecule has 0 aromatic heterocycles. The molecule has 15 heteroatoms. The lowest BCUT2D eigenvalue weighted by atomic mass is 9.69. The van der Waals surface area contributed by atoms with Gasteiger partial charge in [-0.25, -0.2) is 18.0 Å². The van der Waals surface area contributed by atoms with Gasteiger partial charge < -0.3 is 41.0 Å². The highest BCUT2D eigenvalue weighted by atomic mass is 32.2. The number of hydrogen-bond donors (Lipinski definition) is 5. The standard InChI is InChI=1S/C30H47N5O9S/c1-5-6-15-45(40,41)30(33,25(36)37)16-20-7-9-22(10-8-20)42-18-23-17-35(27(39)43-23)19-29(24(31)32,21-11-13-34-14-12-21)26(38)44-28(2,3)4/h7-10,21,23,34H,5-6,11-19,33H2,1-4H3,(H3,31,32)(H,36,37). The van der Waals surface area contributed by atoms with Crippen molar-refractivity contribution in [3.05, 3.63) is 29.8 Å². The lowest BCUT2D eigenvalue weighted by Gasteiger charge is -2.42. The van der Waals surface area contributed by atoms with Crippen LogP contribution in [0.25, 0.3) is 0 Å². The van der Waals surface area contributed by atoms with Gasteiger partial charge >= 0.3 is 18.0 Å². The lowest BCUT2D eigenvalue weighted by Crippen LogP contribution is -2.59. The van der Waals surface area contributed by atoms with Crippen molar-refractivity contribution in [1.29, 1.82) is 5.41 Å². The highest BCUT2D eigenvalue weighted by Gasteiger charge is 2.54. The predicted octanol–water partition coefficient (Wildman–Crippen LogP) is 1.65. The largest absolute Gasteiger partial charge is 0.490 e. The second-order valence-electron chi connectivity index (χ2n) is 12.8. The number of hydrogen-bond acceptors (Lipinski definition) is 11. The van der Waals surface area contributed by atoms with Crippen LogP contribution in [0, 0.1) is 16.7 Å². The van der Waals surface area contributed by atoms with E-state index >= 15 is 0 Å². The van der Waals surface area contributed by atoms with Crippen molar-refractivity contribution >= 4 is 33.7 Å². The molecule has 14 nitrogen and oxygen atoms in total. The summed E-state index contributed by atoms with van der Waals surface area (Å²) in [6.07, 6.45) is 0.254. The predicted molar refractivity (Wildman–Crippen MR) is 167 cm³/mol. The first-order valence-electron chi connectivity index (χ1n) is 15.2. The Kier molecular flexibility index (Phi) is 11.5. The molecule has 252 valence electrons. The van der Waals surface area contributed by atoms with E-state index in [1.165, 1.54) is 17.0 Å². The van der Waals surface area contributed by atoms with Crippen molar-refractivity contribution in [3.63, 3.8) is 0 Å². The number of amidine groups is 1. The zero-order valence-electron chi connectivity index (χ0n) is 26.5. The van der Waals surface area contributed by atoms with Crippen molar-refractivity contribution in [1.82, 2.24) is 10.2 Å². The molecular formula is C30H47N5O9S. The van der Waals surface area contributed by atoms with Crippen LogP contribution in [0.2, 0.25) is 0 Å². The van der Waals surface area contributed by atoms with Gasteiger partial charge in [0.2, 0.25) is 4.87 Å². The molecule has 3 atom stereocenters. The van der Waals surface area contributed by atoms with Crippen LogP contribution in [0.4, 0.5) is 4.79 Å². The van der Waals surface area contributed by atoms with E-state index in [1.54, 1.807) is 39.8 Å². The quantitative estimate of drug-likeness (QED) is 0.103. The molecule has 0 aliphatic carbocycles. The lowest BCUT2D eigenvalue weighted by molar-refractivity contribution is -0.167. The number of aliphatic carboxylic acids is 1. The Balaban J connectivity index is 1.69. The minimum absolute atomic E-state index is 0.0320. The van der Waals surface area contributed by atoms with Crippen LogP contribution in [0.1, 0.15) is 58.9 Å². The Labute approximate surface area is 264 Å². The number of cyclic esters (lactones) is 1. The molecule has 0 radical (unpaired) electrons. The summed E-state index contributed by atoms with van der Waals surface area (Å²) < 4.78 is 42.5. The number of carboxylic acid groups (broad SMARTS) is 1. The molecule has 3 rings (SSSR count). The highest BCUT2D eigenvalue weighted by Crippen LogP contribution is 2.39. The molecule has 2 saturated heterocycles. The monoisotopic (exact) mass is 653 g/mol. The third kappa shape index (κ3) is 8.44. The van der Waals surface area contributed by atoms with Crippen LogP contribution in [0.5, 0.6) is 5.75 Å². The molecule has 45 heavy (non-hydrogen) atoms. The van der Waals surface area contributed by atoms with Crippen molar-refractivity contribution in [2.24, 2.45) is 22.8 Å². The normalized spacial score (nSPS) is 20.5. The van der Waals surface area contributed by atoms with Gasteiger partial charge in [0, 0.05) is 13.0 Å². The number of benzene rings is 1. The number of ether oxygens (including phenoxy) is 3. The first kappa shape index (κ1) is 36.0. The molecule has 7 N–H and O–H groups in total. The number of carbonyl (C=O) groups is 3. The van der Waals surface area contributed by atoms with Crippen LogP contribution in [-0.2, 0) is 35.3 Å². The van der Waals surface area contributed by atoms with Crippen LogP contribution in [0.3, 0.4) is 0 Å². The Bertz CT molecular complexity index is 1340. The molecular weight excluding hydrogens is 606 g/mol. The number of nitrogens with two attached hydrogens (primary N) is 2. The zero-order chi connectivity index (χ0) is 33.6. The Morgan fingerprint density at radius 2 is 1.80 bits per heavy atom. The van der Waals surface area contributed by atoms with Gasteiger partial charge in [-0.2, -0.15) is 0 Å². The summed E-state index contributed by atoms with van der Waals surface area (Å²) >= 11 is 0. The van der Waals surface area contributed by atoms with E-state index in [0.717, 1.165) is 0 Å². The Morgan fingerprint density at radius 3 is 2.33 bits per heavy atom. The van der Waals surface area contributed by atoms with Crippen LogP contribution < -0.4 is 21.5 Å². The minimum atomic E-state index is -4.12. The highest BCUT2D eigenvalue weighted by molar-refractivity contribution is 7.93. The van der Waals surface area contributed by atoms with E-state index in [1.807, 2.05) is 0 Å². The topological polar surface area (TPSA) is 224 Å². The van der Waals surface area contributed by atoms with Gasteiger partial charge in [-0.05, 0) is 76.7 Å². The molecule has 1 aromatic carbocycles. The maximum absolute atomic E-state index is 13.6. The third-order valence-electron chi connectivity index (χ3n) is 8.18. The second kappa shape index (κ2) is 14.3. The smallest absolute Gasteiger partial charge is 0.410 e. The summed E-state index contributed by atoms with van der Waals surface area (Å²) in [5, 5.41) is 21.4. The third-order valence-corrected chi connectivity index (χ3v) is 10.4. The van der Waals surface area contributed by atoms with Gasteiger partial charge in [-0.1, -0.05) is 25.5 Å². The number of unbranched alkanes of at least 4 members (excludes halogenated alkanes) is 1. The van der Waals surface area contributed by atoms with Gasteiger partial charge in [0.1, 0.15) is 29.2 Å². The Hall–Kier alpha value is -3.43. The minimum Gasteiger partial charge on any atom is -0.490 e. The van der Waals surface area contributed by atoms with Gasteiger partial charge in [-0.15, -0.1) is 0 Å². The van der Waals surface area contributed by atoms with Crippen molar-refractivity contribution < 1.29 is 42.1 Å². The summed E-state index contributed by atoms with van der Waals surface area (Å²) in [6.45, 7) is 8.16. The number of rotatable bonds is 15. The average Bonchev–Trinajstić information content (AvgIpc) is 3.31. The van der Waals surface area contributed by atoms with Crippen LogP contribution >= 0.6 is 0 Å². The van der Waals surface area contributed by atoms with E-state index in [4.69, 9.17) is 31.1 Å². The molecule has 2 heterocycles. The van der Waals surface area contributed by atoms with Gasteiger partial charge in [-0.3, -0.25) is 10.2 Å². The number of piperidine rings is 1. The molecule has 1 amide bonds. The fourth-order valence-corrected chi connectivity index (χ4v) is 7.27. The number of amides is 1. The maximum atomic E-state index is 13.6. The molecule has 0 spiro atoms. The van der Waals surface area contributed by atoms with E-state index in [9.17, 15) is 27.9 Å². The van der Waals surface area contributed by atoms with Crippen LogP contribution in [-0.4, -0.2) is 97.4 Å². The molecule has 0 bridgehead atoms. The Morgan fingerprint density at radius 1 is 1.18 bits per heavy atom. The number of esters is 1. The molecule has 0 saturated carbocycles. The first-order chi connectivity index (χ1) is 20.9. The fourth-order valence-electron chi connectivity index (χ4n) is 5.58. The fraction of sp³-hybridized carbons (Fsp3) is 0.667. The van der Waals surface area contributed by atoms with Crippen molar-refractivity contribution in [2.45, 2.75) is 76.4 Å². The summed E-state index contributed by atoms with van der Waals surface area (Å²) in [4.78, 5) is 37.3. The van der Waals surface area contributed by atoms with Gasteiger partial charge in [0.15, 0.2) is 15.9 Å². The summed E-state index contributed by atoms with van der Waals surface area (Å²) in [5.74, 6) is -2.90. The van der Waals surface area contributed by atoms with E-state index < -0.39 is 56.3 Å². The van der Waals surface area contributed by atoms with Crippen LogP contribution in [0.15, 0.2) is 24.3 Å². The second-order valence-corrected chi connectivity index (χ2v) is 15.2. The van der Waals surface area contributed by atoms with Crippen molar-refractivity contribution in [3.8, 4) is 5.75 Å². The SMILES string of the molecule is CCCCS(=O)(=O)C(N)(Cc1ccc(OCC2CN(CC(C(=N)N)(C(=O)OC(C)(C)C)C3CCNCC3)C(=O)O2)cc1)C(=O)O. The van der Waals surface area contributed by atoms with E-state index in [2.05, 4.69) is 5.32 Å². The average molecular weight is 654 g/mol. The number of nitrogens with one attached hydrogen (secondary N) is 2. The summed E-state index contributed by atoms with van der Waals surface area (Å²) in [6, 6.07) is 6.16. The van der Waals surface area contributed by atoms with E-state index in [0.29, 0.717) is 50.1 Å². The molecule has 2 fully saturated rings.